The molecule has 1 heterocycles. The van der Waals surface area contributed by atoms with Gasteiger partial charge in [0, 0.05) is 29.3 Å². The molecule has 246 valence electrons. The second-order valence-corrected chi connectivity index (χ2v) is 12.5. The van der Waals surface area contributed by atoms with Crippen molar-refractivity contribution in [3.63, 3.8) is 0 Å². The predicted octanol–water partition coefficient (Wildman–Crippen LogP) is 5.48. The summed E-state index contributed by atoms with van der Waals surface area (Å²) in [7, 11) is -2.81. The van der Waals surface area contributed by atoms with Crippen LogP contribution in [0.25, 0.3) is 28.3 Å². The van der Waals surface area contributed by atoms with Crippen LogP contribution in [0.3, 0.4) is 0 Å². The number of nitrogens with two attached hydrogens (primary N) is 1. The maximum absolute atomic E-state index is 14.2. The van der Waals surface area contributed by atoms with Crippen LogP contribution in [0, 0.1) is 11.6 Å². The number of aliphatic hydroxyl groups excluding tert-OH is 1. The second-order valence-electron chi connectivity index (χ2n) is 10.9. The average Bonchev–Trinajstić information content (AvgIpc) is 3.36. The highest BCUT2D eigenvalue weighted by molar-refractivity contribution is 7.89. The molecule has 1 atom stereocenters. The lowest BCUT2D eigenvalue weighted by atomic mass is 9.94. The van der Waals surface area contributed by atoms with Crippen molar-refractivity contribution in [1.29, 1.82) is 0 Å². The number of carbonyl (C=O) groups excluding carboxylic acids is 3. The fourth-order valence-corrected chi connectivity index (χ4v) is 5.59. The van der Waals surface area contributed by atoms with Crippen LogP contribution in [-0.4, -0.2) is 49.0 Å². The minimum atomic E-state index is -3.98. The van der Waals surface area contributed by atoms with Crippen molar-refractivity contribution in [1.82, 2.24) is 4.57 Å². The van der Waals surface area contributed by atoms with Crippen molar-refractivity contribution in [3.05, 3.63) is 102 Å². The smallest absolute Gasteiger partial charge is 0.308 e. The number of halogens is 2. The maximum Gasteiger partial charge on any atom is 0.308 e. The lowest BCUT2D eigenvalue weighted by Gasteiger charge is -2.17. The number of allylic oxidation sites excluding steroid dienone is 1. The molecule has 4 aromatic rings. The molecule has 3 aromatic carbocycles. The Morgan fingerprint density at radius 1 is 0.894 bits per heavy atom. The number of amides is 1. The molecule has 0 saturated heterocycles. The Morgan fingerprint density at radius 3 is 1.91 bits per heavy atom. The summed E-state index contributed by atoms with van der Waals surface area (Å²) >= 11 is 0. The molecule has 0 aliphatic heterocycles. The third kappa shape index (κ3) is 8.44. The molecule has 1 aromatic heterocycles. The van der Waals surface area contributed by atoms with E-state index in [0.29, 0.717) is 27.9 Å². The number of sulfonamides is 1. The Bertz CT molecular complexity index is 1920. The van der Waals surface area contributed by atoms with Crippen LogP contribution in [0.4, 0.5) is 14.5 Å². The highest BCUT2D eigenvalue weighted by atomic mass is 32.2. The van der Waals surface area contributed by atoms with Gasteiger partial charge in [0.05, 0.1) is 30.2 Å². The van der Waals surface area contributed by atoms with Gasteiger partial charge in [0.1, 0.15) is 17.3 Å². The number of aromatic nitrogens is 1. The second kappa shape index (κ2) is 14.6. The molecule has 47 heavy (non-hydrogen) atoms. The van der Waals surface area contributed by atoms with E-state index >= 15 is 0 Å². The summed E-state index contributed by atoms with van der Waals surface area (Å²) in [6.07, 6.45) is 0.633. The van der Waals surface area contributed by atoms with E-state index in [1.807, 2.05) is 0 Å². The molecule has 1 amide bonds. The van der Waals surface area contributed by atoms with Crippen molar-refractivity contribution >= 4 is 39.4 Å². The topological polar surface area (TPSA) is 158 Å². The van der Waals surface area contributed by atoms with E-state index in [0.717, 1.165) is 0 Å². The van der Waals surface area contributed by atoms with E-state index < -0.39 is 51.5 Å². The Morgan fingerprint density at radius 2 is 1.43 bits per heavy atom. The lowest BCUT2D eigenvalue weighted by Crippen LogP contribution is -2.20. The van der Waals surface area contributed by atoms with Crippen LogP contribution in [0.1, 0.15) is 48.9 Å². The van der Waals surface area contributed by atoms with Crippen LogP contribution in [0.2, 0.25) is 0 Å². The Balaban J connectivity index is 1.94. The molecule has 0 saturated carbocycles. The van der Waals surface area contributed by atoms with Gasteiger partial charge in [-0.25, -0.2) is 22.3 Å². The van der Waals surface area contributed by atoms with Gasteiger partial charge >= 0.3 is 5.97 Å². The zero-order valence-corrected chi connectivity index (χ0v) is 26.6. The van der Waals surface area contributed by atoms with Crippen molar-refractivity contribution in [3.8, 4) is 22.3 Å². The van der Waals surface area contributed by atoms with Crippen molar-refractivity contribution in [2.45, 2.75) is 43.7 Å². The molecule has 4 rings (SSSR count). The predicted molar refractivity (Wildman–Crippen MR) is 173 cm³/mol. The van der Waals surface area contributed by atoms with Crippen LogP contribution >= 0.6 is 0 Å². The quantitative estimate of drug-likeness (QED) is 0.134. The molecule has 0 aliphatic rings. The van der Waals surface area contributed by atoms with Crippen LogP contribution in [0.15, 0.2) is 83.8 Å². The third-order valence-corrected chi connectivity index (χ3v) is 8.10. The summed E-state index contributed by atoms with van der Waals surface area (Å²) in [6, 6.07) is 15.8. The molecular weight excluding hydrogens is 632 g/mol. The molecule has 10 nitrogen and oxygen atoms in total. The number of aliphatic hydroxyl groups is 1. The fraction of sp³-hybridized carbons (Fsp3) is 0.206. The SMILES string of the molecule is COC(=O)C[C@H](O)CC(=O)C=Cc1c(-c2ccc(F)cc2)c(-c2ccc(F)cc2)c(C(=O)Nc2ccc(S(N)(=O)=O)cc2)n1C(C)C. The first-order chi connectivity index (χ1) is 22.2. The Labute approximate surface area is 270 Å². The van der Waals surface area contributed by atoms with Gasteiger partial charge in [-0.05, 0) is 85.7 Å². The van der Waals surface area contributed by atoms with Gasteiger partial charge in [-0.3, -0.25) is 14.4 Å². The minimum Gasteiger partial charge on any atom is -0.469 e. The highest BCUT2D eigenvalue weighted by Gasteiger charge is 2.30. The number of primary sulfonamides is 1. The number of benzene rings is 3. The number of ketones is 1. The summed E-state index contributed by atoms with van der Waals surface area (Å²) in [6.45, 7) is 3.61. The molecule has 0 bridgehead atoms. The van der Waals surface area contributed by atoms with Crippen molar-refractivity contribution in [2.24, 2.45) is 5.14 Å². The molecule has 13 heteroatoms. The van der Waals surface area contributed by atoms with E-state index in [1.54, 1.807) is 18.4 Å². The van der Waals surface area contributed by atoms with Gasteiger partial charge in [-0.1, -0.05) is 24.3 Å². The molecule has 0 fully saturated rings. The first-order valence-corrected chi connectivity index (χ1v) is 15.9. The number of hydrogen-bond acceptors (Lipinski definition) is 7. The van der Waals surface area contributed by atoms with Gasteiger partial charge in [-0.15, -0.1) is 0 Å². The van der Waals surface area contributed by atoms with Crippen LogP contribution < -0.4 is 10.5 Å². The number of methoxy groups -OCH3 is 1. The van der Waals surface area contributed by atoms with Gasteiger partial charge in [0.15, 0.2) is 5.78 Å². The number of nitrogens with one attached hydrogen (secondary N) is 1. The summed E-state index contributed by atoms with van der Waals surface area (Å²) in [5.41, 5.74) is 2.43. The van der Waals surface area contributed by atoms with E-state index in [4.69, 9.17) is 5.14 Å². The number of carbonyl (C=O) groups is 3. The summed E-state index contributed by atoms with van der Waals surface area (Å²) < 4.78 is 57.8. The molecule has 0 spiro atoms. The molecular formula is C34H33F2N3O7S. The normalized spacial score (nSPS) is 12.3. The van der Waals surface area contributed by atoms with Gasteiger partial charge in [0.2, 0.25) is 10.0 Å². The van der Waals surface area contributed by atoms with Crippen molar-refractivity contribution in [2.75, 3.05) is 12.4 Å². The zero-order valence-electron chi connectivity index (χ0n) is 25.7. The number of nitrogens with zero attached hydrogens (tertiary/aromatic N) is 1. The van der Waals surface area contributed by atoms with Gasteiger partial charge in [0.25, 0.3) is 5.91 Å². The molecule has 0 radical (unpaired) electrons. The number of anilines is 1. The average molecular weight is 666 g/mol. The highest BCUT2D eigenvalue weighted by Crippen LogP contribution is 2.43. The van der Waals surface area contributed by atoms with E-state index in [1.165, 1.54) is 92.1 Å². The zero-order chi connectivity index (χ0) is 34.5. The van der Waals surface area contributed by atoms with E-state index in [2.05, 4.69) is 10.1 Å². The fourth-order valence-electron chi connectivity index (χ4n) is 5.08. The lowest BCUT2D eigenvalue weighted by molar-refractivity contribution is -0.143. The molecule has 4 N–H and O–H groups in total. The summed E-state index contributed by atoms with van der Waals surface area (Å²) in [5, 5.41) is 18.2. The monoisotopic (exact) mass is 665 g/mol. The summed E-state index contributed by atoms with van der Waals surface area (Å²) in [4.78, 5) is 38.5. The Hall–Kier alpha value is -4.98. The first kappa shape index (κ1) is 34.9. The maximum atomic E-state index is 14.2. The van der Waals surface area contributed by atoms with E-state index in [-0.39, 0.29) is 29.1 Å². The number of rotatable bonds is 12. The molecule has 0 aliphatic carbocycles. The third-order valence-electron chi connectivity index (χ3n) is 7.18. The van der Waals surface area contributed by atoms with Crippen LogP contribution in [0.5, 0.6) is 0 Å². The van der Waals surface area contributed by atoms with Gasteiger partial charge in [-0.2, -0.15) is 0 Å². The number of esters is 1. The van der Waals surface area contributed by atoms with Gasteiger partial charge < -0.3 is 19.7 Å². The van der Waals surface area contributed by atoms with E-state index in [9.17, 15) is 36.7 Å². The largest absolute Gasteiger partial charge is 0.469 e. The Kier molecular flexibility index (Phi) is 10.9. The standard InChI is InChI=1S/C34H33F2N3O7S/c1-20(2)39-29(17-14-26(40)18-27(41)19-30(42)46-3)31(21-4-8-23(35)9-5-21)32(22-6-10-24(36)11-7-22)33(39)34(43)38-25-12-15-28(16-13-25)47(37,44)45/h4-17,20,27,41H,18-19H2,1-3H3,(H,38,43)(H2,37,44,45)/t27-/m1/s1. The first-order valence-electron chi connectivity index (χ1n) is 14.4. The summed E-state index contributed by atoms with van der Waals surface area (Å²) in [5.74, 6) is -2.84. The van der Waals surface area contributed by atoms with Crippen molar-refractivity contribution < 1.29 is 41.4 Å². The van der Waals surface area contributed by atoms with Crippen LogP contribution in [-0.2, 0) is 24.3 Å². The number of ether oxygens (including phenoxy) is 1. The molecule has 0 unspecified atom stereocenters. The number of hydrogen-bond donors (Lipinski definition) is 3. The minimum absolute atomic E-state index is 0.110.